The summed E-state index contributed by atoms with van der Waals surface area (Å²) in [5.74, 6) is 0. The fourth-order valence-electron chi connectivity index (χ4n) is 6.69. The molecule has 4 aromatic carbocycles. The van der Waals surface area contributed by atoms with Gasteiger partial charge in [-0.25, -0.2) is 0 Å². The van der Waals surface area contributed by atoms with E-state index in [9.17, 15) is 0 Å². The molecule has 210 valence electrons. The second kappa shape index (κ2) is 10.3. The first-order valence-electron chi connectivity index (χ1n) is 15.5. The molecule has 0 nitrogen and oxygen atoms in total. The molecule has 0 aliphatic carbocycles. The summed E-state index contributed by atoms with van der Waals surface area (Å²) in [5, 5.41) is 2.85. The van der Waals surface area contributed by atoms with Crippen LogP contribution in [0.15, 0.2) is 48.5 Å². The van der Waals surface area contributed by atoms with Crippen molar-refractivity contribution in [2.24, 2.45) is 0 Å². The second-order valence-corrected chi connectivity index (χ2v) is 16.8. The highest BCUT2D eigenvalue weighted by molar-refractivity contribution is 7.26. The first-order valence-corrected chi connectivity index (χ1v) is 16.4. The molecule has 5 aromatic rings. The summed E-state index contributed by atoms with van der Waals surface area (Å²) < 4.78 is 2.75. The quantitative estimate of drug-likeness (QED) is 0.290. The van der Waals surface area contributed by atoms with Crippen LogP contribution in [-0.2, 0) is 16.2 Å². The minimum atomic E-state index is -0.0429. The van der Waals surface area contributed by atoms with Crippen LogP contribution >= 0.6 is 11.3 Å². The van der Waals surface area contributed by atoms with E-state index in [0.717, 1.165) is 0 Å². The Morgan fingerprint density at radius 1 is 0.500 bits per heavy atom. The van der Waals surface area contributed by atoms with Gasteiger partial charge in [0.15, 0.2) is 0 Å². The van der Waals surface area contributed by atoms with Gasteiger partial charge in [0.25, 0.3) is 0 Å². The number of thiophene rings is 1. The van der Waals surface area contributed by atoms with Gasteiger partial charge in [-0.1, -0.05) is 110 Å². The Labute approximate surface area is 263 Å². The molecule has 1 heterocycles. The van der Waals surface area contributed by atoms with Crippen molar-refractivity contribution in [3.05, 3.63) is 65.2 Å². The molecular weight excluding hydrogens is 519 g/mol. The first kappa shape index (κ1) is 30.9. The molecule has 0 aliphatic rings. The normalized spacial score (nSPS) is 12.9. The number of hydrogen-bond donors (Lipinski definition) is 0. The zero-order chi connectivity index (χ0) is 31.1. The van der Waals surface area contributed by atoms with Crippen LogP contribution in [0.4, 0.5) is 0 Å². The number of hydrogen-bond acceptors (Lipinski definition) is 1. The molecule has 0 aliphatic heterocycles. The maximum absolute atomic E-state index is 2.46. The molecule has 0 saturated carbocycles. The lowest BCUT2D eigenvalue weighted by atomic mass is 9.59. The molecule has 0 N–H and O–H groups in total. The lowest BCUT2D eigenvalue weighted by molar-refractivity contribution is 0.568. The molecule has 6 heteroatoms. The average Bonchev–Trinajstić information content (AvgIpc) is 3.28. The van der Waals surface area contributed by atoms with Crippen molar-refractivity contribution in [2.45, 2.75) is 78.6 Å². The highest BCUT2D eigenvalue weighted by Gasteiger charge is 2.28. The molecule has 42 heavy (non-hydrogen) atoms. The van der Waals surface area contributed by atoms with Crippen molar-refractivity contribution < 1.29 is 0 Å². The van der Waals surface area contributed by atoms with E-state index in [-0.39, 0.29) is 16.2 Å². The summed E-state index contributed by atoms with van der Waals surface area (Å²) in [4.78, 5) is 0. The van der Waals surface area contributed by atoms with E-state index in [1.54, 1.807) is 0 Å². The summed E-state index contributed by atoms with van der Waals surface area (Å²) in [7, 11) is 11.5. The van der Waals surface area contributed by atoms with Crippen LogP contribution < -0.4 is 27.3 Å². The third kappa shape index (κ3) is 5.13. The molecule has 5 rings (SSSR count). The van der Waals surface area contributed by atoms with Crippen LogP contribution in [0.5, 0.6) is 0 Å². The van der Waals surface area contributed by atoms with Gasteiger partial charge in [-0.05, 0) is 67.3 Å². The molecule has 0 atom stereocenters. The van der Waals surface area contributed by atoms with Crippen molar-refractivity contribution in [1.82, 2.24) is 0 Å². The largest absolute Gasteiger partial charge is 0.139 e. The third-order valence-corrected chi connectivity index (χ3v) is 10.8. The Balaban J connectivity index is 1.97. The van der Waals surface area contributed by atoms with Crippen molar-refractivity contribution in [2.75, 3.05) is 0 Å². The number of rotatable bonds is 2. The van der Waals surface area contributed by atoms with E-state index < -0.39 is 0 Å². The van der Waals surface area contributed by atoms with Gasteiger partial charge in [0.05, 0.1) is 0 Å². The van der Waals surface area contributed by atoms with E-state index in [1.807, 2.05) is 11.3 Å². The molecule has 1 aromatic heterocycles. The van der Waals surface area contributed by atoms with Crippen LogP contribution in [0, 0.1) is 0 Å². The van der Waals surface area contributed by atoms with Crippen LogP contribution in [0.2, 0.25) is 0 Å². The summed E-state index contributed by atoms with van der Waals surface area (Å²) in [6.45, 7) is 21.2. The van der Waals surface area contributed by atoms with Gasteiger partial charge in [-0.2, -0.15) is 0 Å². The molecule has 0 unspecified atom stereocenters. The highest BCUT2D eigenvalue weighted by atomic mass is 32.1. The Bertz CT molecular complexity index is 1810. The van der Waals surface area contributed by atoms with E-state index in [4.69, 9.17) is 0 Å². The zero-order valence-corrected chi connectivity index (χ0v) is 29.3. The number of fused-ring (bicyclic) bond motifs is 3. The number of benzene rings is 4. The molecule has 0 saturated heterocycles. The topological polar surface area (TPSA) is 0 Å². The van der Waals surface area contributed by atoms with E-state index in [0.29, 0.717) is 0 Å². The average molecular weight is 564 g/mol. The van der Waals surface area contributed by atoms with Crippen molar-refractivity contribution >= 4 is 98.1 Å². The van der Waals surface area contributed by atoms with Gasteiger partial charge in [-0.15, -0.1) is 27.7 Å². The monoisotopic (exact) mass is 564 g/mol. The molecule has 0 fully saturated rings. The van der Waals surface area contributed by atoms with Crippen molar-refractivity contribution in [3.63, 3.8) is 0 Å². The van der Waals surface area contributed by atoms with Crippen LogP contribution in [0.25, 0.3) is 42.4 Å². The van der Waals surface area contributed by atoms with E-state index in [2.05, 4.69) is 150 Å². The minimum Gasteiger partial charge on any atom is -0.135 e. The molecular formula is C36H45B5S. The fraction of sp³-hybridized carbons (Fsp3) is 0.333. The van der Waals surface area contributed by atoms with Crippen LogP contribution in [-0.4, -0.2) is 39.2 Å². The molecule has 0 radical (unpaired) electrons. The maximum atomic E-state index is 2.46. The van der Waals surface area contributed by atoms with Gasteiger partial charge in [0.1, 0.15) is 39.2 Å². The Kier molecular flexibility index (Phi) is 7.54. The summed E-state index contributed by atoms with van der Waals surface area (Å²) >= 11 is 1.94. The summed E-state index contributed by atoms with van der Waals surface area (Å²) in [6.07, 6.45) is 0. The smallest absolute Gasteiger partial charge is 0.135 e. The molecule has 0 spiro atoms. The lowest BCUT2D eigenvalue weighted by Crippen LogP contribution is -2.55. The van der Waals surface area contributed by atoms with Crippen LogP contribution in [0.3, 0.4) is 0 Å². The predicted molar refractivity (Wildman–Crippen MR) is 207 cm³/mol. The summed E-state index contributed by atoms with van der Waals surface area (Å²) in [5.41, 5.74) is 16.9. The molecule has 0 bridgehead atoms. The Morgan fingerprint density at radius 2 is 1.00 bits per heavy atom. The van der Waals surface area contributed by atoms with Gasteiger partial charge in [-0.3, -0.25) is 0 Å². The zero-order valence-electron chi connectivity index (χ0n) is 28.5. The lowest BCUT2D eigenvalue weighted by Gasteiger charge is -2.29. The predicted octanol–water partition coefficient (Wildman–Crippen LogP) is 2.57. The third-order valence-electron chi connectivity index (χ3n) is 9.66. The van der Waals surface area contributed by atoms with Gasteiger partial charge >= 0.3 is 0 Å². The van der Waals surface area contributed by atoms with E-state index >= 15 is 0 Å². The minimum absolute atomic E-state index is 0.0429. The van der Waals surface area contributed by atoms with Gasteiger partial charge < -0.3 is 0 Å². The maximum Gasteiger partial charge on any atom is 0.139 e. The second-order valence-electron chi connectivity index (χ2n) is 15.7. The summed E-state index contributed by atoms with van der Waals surface area (Å²) in [6, 6.07) is 19.1. The van der Waals surface area contributed by atoms with Crippen molar-refractivity contribution in [1.29, 1.82) is 0 Å². The SMILES string of the molecule is Bc1c(B)c(B)c(-c2cccc3sc4ccc(-c5cc(C(C)(C)C)cc(C(C)(C)C)c5)c(C(C)(C)C)c4c23)c(B)c1B. The standard InChI is InChI=1S/C36H45B5S/c1-34(2,3)19-15-18(16-20(17-19)35(4,5)6)21-13-14-24-27(28(21)36(7,8)9)25-22(11-10-12-23(25)42-24)26-29(37)31(39)33(41)32(40)30(26)38/h10-17H,37-41H2,1-9H3. The van der Waals surface area contributed by atoms with Crippen LogP contribution in [0.1, 0.15) is 79.0 Å². The Morgan fingerprint density at radius 3 is 1.50 bits per heavy atom. The fourth-order valence-corrected chi connectivity index (χ4v) is 7.83. The van der Waals surface area contributed by atoms with Gasteiger partial charge in [0.2, 0.25) is 0 Å². The van der Waals surface area contributed by atoms with Gasteiger partial charge in [0, 0.05) is 20.2 Å². The first-order chi connectivity index (χ1) is 19.3. The van der Waals surface area contributed by atoms with E-state index in [1.165, 1.54) is 86.4 Å². The Hall–Kier alpha value is -2.58. The molecule has 0 amide bonds. The highest BCUT2D eigenvalue weighted by Crippen LogP contribution is 2.48. The van der Waals surface area contributed by atoms with Crippen molar-refractivity contribution in [3.8, 4) is 22.3 Å².